The fourth-order valence-electron chi connectivity index (χ4n) is 5.53. The number of nitriles is 1. The number of nitrogens with one attached hydrogen (secondary N) is 2. The number of fused-ring (bicyclic) bond motifs is 2. The maximum Gasteiger partial charge on any atom is 0.270 e. The van der Waals surface area contributed by atoms with E-state index in [1.54, 1.807) is 23.9 Å². The molecule has 176 valence electrons. The van der Waals surface area contributed by atoms with Crippen LogP contribution in [0.2, 0.25) is 0 Å². The van der Waals surface area contributed by atoms with Crippen molar-refractivity contribution in [1.29, 1.82) is 5.26 Å². The van der Waals surface area contributed by atoms with Crippen LogP contribution in [0.3, 0.4) is 0 Å². The van der Waals surface area contributed by atoms with Gasteiger partial charge in [-0.1, -0.05) is 6.07 Å². The van der Waals surface area contributed by atoms with Crippen molar-refractivity contribution >= 4 is 22.7 Å². The quantitative estimate of drug-likeness (QED) is 0.610. The molecule has 0 saturated heterocycles. The van der Waals surface area contributed by atoms with E-state index in [0.29, 0.717) is 17.0 Å². The molecule has 0 bridgehead atoms. The van der Waals surface area contributed by atoms with Crippen LogP contribution >= 0.6 is 0 Å². The highest BCUT2D eigenvalue weighted by molar-refractivity contribution is 5.77. The van der Waals surface area contributed by atoms with E-state index in [9.17, 15) is 10.1 Å². The third kappa shape index (κ3) is 3.65. The fourth-order valence-corrected chi connectivity index (χ4v) is 5.53. The second-order valence-electron chi connectivity index (χ2n) is 10.0. The summed E-state index contributed by atoms with van der Waals surface area (Å²) in [6.45, 7) is 7.33. The Labute approximate surface area is 199 Å². The zero-order chi connectivity index (χ0) is 24.1. The first-order valence-electron chi connectivity index (χ1n) is 11.8. The van der Waals surface area contributed by atoms with E-state index in [0.717, 1.165) is 37.9 Å². The second-order valence-corrected chi connectivity index (χ2v) is 10.0. The van der Waals surface area contributed by atoms with Gasteiger partial charge in [-0.15, -0.1) is 0 Å². The lowest BCUT2D eigenvalue weighted by atomic mass is 9.85. The van der Waals surface area contributed by atoms with Crippen LogP contribution in [-0.2, 0) is 16.7 Å². The van der Waals surface area contributed by atoms with Crippen LogP contribution in [0.15, 0.2) is 35.3 Å². The molecule has 34 heavy (non-hydrogen) atoms. The number of pyridine rings is 1. The van der Waals surface area contributed by atoms with Crippen molar-refractivity contribution in [3.05, 3.63) is 57.5 Å². The van der Waals surface area contributed by atoms with Gasteiger partial charge in [-0.2, -0.15) is 10.2 Å². The van der Waals surface area contributed by atoms with Gasteiger partial charge >= 0.3 is 0 Å². The van der Waals surface area contributed by atoms with E-state index in [1.165, 1.54) is 11.1 Å². The molecule has 8 nitrogen and oxygen atoms in total. The molecule has 2 unspecified atom stereocenters. The molecular formula is C26H30N6O2. The Bertz CT molecular complexity index is 1370. The Hall–Kier alpha value is -3.28. The number of methoxy groups -OCH3 is 1. The monoisotopic (exact) mass is 458 g/mol. The van der Waals surface area contributed by atoms with E-state index >= 15 is 0 Å². The zero-order valence-corrected chi connectivity index (χ0v) is 20.1. The first-order chi connectivity index (χ1) is 16.3. The standard InChI is InChI=1S/C26H30N6O2/c1-25(2)20-8-7-19(13-16(20)9-11-29-25)30-24-28-15-18-12-17(14-27)23(33)32(22(18)31-24)21-6-5-10-26(21,3)34-4/h7-8,12-13,15,21,29H,5-6,9-11H2,1-4H3,(H,28,30,31). The third-order valence-corrected chi connectivity index (χ3v) is 7.52. The topological polar surface area (TPSA) is 105 Å². The van der Waals surface area contributed by atoms with Gasteiger partial charge in [0.1, 0.15) is 17.3 Å². The van der Waals surface area contributed by atoms with Gasteiger partial charge in [-0.05, 0) is 82.3 Å². The van der Waals surface area contributed by atoms with Gasteiger partial charge in [0.15, 0.2) is 0 Å². The number of nitrogens with zero attached hydrogens (tertiary/aromatic N) is 4. The Morgan fingerprint density at radius 2 is 2.12 bits per heavy atom. The van der Waals surface area contributed by atoms with Gasteiger partial charge in [0.2, 0.25) is 5.95 Å². The molecule has 1 aliphatic carbocycles. The highest BCUT2D eigenvalue weighted by atomic mass is 16.5. The van der Waals surface area contributed by atoms with Gasteiger partial charge in [-0.25, -0.2) is 4.98 Å². The number of benzene rings is 1. The first-order valence-corrected chi connectivity index (χ1v) is 11.8. The van der Waals surface area contributed by atoms with Crippen LogP contribution < -0.4 is 16.2 Å². The molecule has 0 amide bonds. The zero-order valence-electron chi connectivity index (χ0n) is 20.1. The minimum atomic E-state index is -0.497. The van der Waals surface area contributed by atoms with Crippen molar-refractivity contribution in [3.8, 4) is 6.07 Å². The smallest absolute Gasteiger partial charge is 0.270 e. The van der Waals surface area contributed by atoms with Gasteiger partial charge in [0.25, 0.3) is 5.56 Å². The molecule has 1 saturated carbocycles. The Morgan fingerprint density at radius 3 is 2.88 bits per heavy atom. The molecule has 1 fully saturated rings. The third-order valence-electron chi connectivity index (χ3n) is 7.52. The molecule has 2 N–H and O–H groups in total. The first kappa shape index (κ1) is 22.5. The highest BCUT2D eigenvalue weighted by Gasteiger charge is 2.41. The van der Waals surface area contributed by atoms with E-state index in [2.05, 4.69) is 41.6 Å². The molecular weight excluding hydrogens is 428 g/mol. The number of hydrogen-bond donors (Lipinski definition) is 2. The molecule has 1 aromatic carbocycles. The van der Waals surface area contributed by atoms with Crippen LogP contribution in [0, 0.1) is 11.3 Å². The Balaban J connectivity index is 1.59. The predicted octanol–water partition coefficient (Wildman–Crippen LogP) is 3.92. The average Bonchev–Trinajstić information content (AvgIpc) is 3.20. The van der Waals surface area contributed by atoms with Crippen LogP contribution in [0.5, 0.6) is 0 Å². The number of ether oxygens (including phenoxy) is 1. The van der Waals surface area contributed by atoms with Crippen molar-refractivity contribution in [2.75, 3.05) is 19.0 Å². The van der Waals surface area contributed by atoms with Crippen molar-refractivity contribution in [2.45, 2.75) is 63.6 Å². The molecule has 1 aliphatic heterocycles. The Morgan fingerprint density at radius 1 is 1.29 bits per heavy atom. The summed E-state index contributed by atoms with van der Waals surface area (Å²) in [5, 5.41) is 17.1. The van der Waals surface area contributed by atoms with Crippen molar-refractivity contribution < 1.29 is 4.74 Å². The predicted molar refractivity (Wildman–Crippen MR) is 131 cm³/mol. The van der Waals surface area contributed by atoms with Gasteiger partial charge in [0, 0.05) is 29.9 Å². The minimum absolute atomic E-state index is 0.0602. The number of hydrogen-bond acceptors (Lipinski definition) is 7. The summed E-state index contributed by atoms with van der Waals surface area (Å²) in [6, 6.07) is 9.73. The molecule has 3 aromatic rings. The van der Waals surface area contributed by atoms with Crippen LogP contribution in [-0.4, -0.2) is 33.8 Å². The average molecular weight is 459 g/mol. The lowest BCUT2D eigenvalue weighted by Crippen LogP contribution is -2.42. The van der Waals surface area contributed by atoms with E-state index < -0.39 is 5.60 Å². The normalized spacial score (nSPS) is 23.4. The lowest BCUT2D eigenvalue weighted by Gasteiger charge is -2.34. The molecule has 8 heteroatoms. The maximum absolute atomic E-state index is 13.3. The number of aromatic nitrogens is 3. The fraction of sp³-hybridized carbons (Fsp3) is 0.462. The highest BCUT2D eigenvalue weighted by Crippen LogP contribution is 2.42. The van der Waals surface area contributed by atoms with Gasteiger partial charge in [0.05, 0.1) is 11.6 Å². The van der Waals surface area contributed by atoms with Crippen LogP contribution in [0.4, 0.5) is 11.6 Å². The summed E-state index contributed by atoms with van der Waals surface area (Å²) in [6.07, 6.45) is 5.20. The second kappa shape index (κ2) is 8.19. The van der Waals surface area contributed by atoms with Crippen molar-refractivity contribution in [3.63, 3.8) is 0 Å². The summed E-state index contributed by atoms with van der Waals surface area (Å²) in [7, 11) is 1.68. The SMILES string of the molecule is COC1(C)CCCC1n1c(=O)c(C#N)cc2cnc(Nc3ccc4c(c3)CCNC4(C)C)nc21. The molecule has 3 heterocycles. The van der Waals surface area contributed by atoms with Crippen molar-refractivity contribution in [2.24, 2.45) is 0 Å². The summed E-state index contributed by atoms with van der Waals surface area (Å²) < 4.78 is 7.48. The maximum atomic E-state index is 13.3. The van der Waals surface area contributed by atoms with E-state index in [1.807, 2.05) is 19.1 Å². The molecule has 2 aromatic heterocycles. The van der Waals surface area contributed by atoms with Crippen molar-refractivity contribution in [1.82, 2.24) is 19.9 Å². The largest absolute Gasteiger partial charge is 0.376 e. The summed E-state index contributed by atoms with van der Waals surface area (Å²) >= 11 is 0. The molecule has 2 atom stereocenters. The molecule has 0 radical (unpaired) electrons. The van der Waals surface area contributed by atoms with Crippen LogP contribution in [0.1, 0.15) is 62.8 Å². The summed E-state index contributed by atoms with van der Waals surface area (Å²) in [5.41, 5.74) is 3.21. The number of anilines is 2. The van der Waals surface area contributed by atoms with Crippen LogP contribution in [0.25, 0.3) is 11.0 Å². The lowest BCUT2D eigenvalue weighted by molar-refractivity contribution is -0.0202. The van der Waals surface area contributed by atoms with Gasteiger partial charge < -0.3 is 15.4 Å². The summed E-state index contributed by atoms with van der Waals surface area (Å²) in [4.78, 5) is 22.5. The van der Waals surface area contributed by atoms with E-state index in [-0.39, 0.29) is 22.7 Å². The molecule has 5 rings (SSSR count). The Kier molecular flexibility index (Phi) is 5.42. The summed E-state index contributed by atoms with van der Waals surface area (Å²) in [5.74, 6) is 0.413. The van der Waals surface area contributed by atoms with E-state index in [4.69, 9.17) is 9.72 Å². The number of rotatable bonds is 4. The molecule has 2 aliphatic rings. The molecule has 0 spiro atoms. The van der Waals surface area contributed by atoms with Gasteiger partial charge in [-0.3, -0.25) is 9.36 Å². The minimum Gasteiger partial charge on any atom is -0.376 e.